The third-order valence-electron chi connectivity index (χ3n) is 5.54. The number of benzene rings is 2. The van der Waals surface area contributed by atoms with Crippen LogP contribution in [0.5, 0.6) is 0 Å². The maximum atomic E-state index is 14.2. The third-order valence-corrected chi connectivity index (χ3v) is 5.54. The van der Waals surface area contributed by atoms with Gasteiger partial charge in [0.05, 0.1) is 16.8 Å². The normalized spacial score (nSPS) is 14.0. The Morgan fingerprint density at radius 1 is 1.09 bits per heavy atom. The van der Waals surface area contributed by atoms with E-state index in [0.717, 1.165) is 22.4 Å². The summed E-state index contributed by atoms with van der Waals surface area (Å²) < 4.78 is 42.5. The van der Waals surface area contributed by atoms with Crippen molar-refractivity contribution >= 4 is 11.6 Å². The molecule has 2 N–H and O–H groups in total. The maximum Gasteiger partial charge on any atom is 0.419 e. The van der Waals surface area contributed by atoms with Gasteiger partial charge in [-0.05, 0) is 55.7 Å². The van der Waals surface area contributed by atoms with Gasteiger partial charge in [-0.3, -0.25) is 4.79 Å². The van der Waals surface area contributed by atoms with Crippen molar-refractivity contribution in [3.8, 4) is 0 Å². The molecule has 0 saturated heterocycles. The molecule has 1 heterocycles. The summed E-state index contributed by atoms with van der Waals surface area (Å²) in [4.78, 5) is 14.5. The van der Waals surface area contributed by atoms with Crippen molar-refractivity contribution in [2.24, 2.45) is 0 Å². The van der Waals surface area contributed by atoms with Gasteiger partial charge in [0.15, 0.2) is 0 Å². The minimum atomic E-state index is -4.67. The van der Waals surface area contributed by atoms with Crippen molar-refractivity contribution in [3.05, 3.63) is 88.1 Å². The van der Waals surface area contributed by atoms with Crippen LogP contribution in [-0.2, 0) is 12.7 Å². The molecule has 3 rings (SSSR count). The molecule has 1 aliphatic heterocycles. The standard InChI is InChI=1S/C25H28F3N3O/c1-4-31(16-19-9-6-5-7-10-19)22-12-8-11-21(23(22)25(26,27)28)24(32)30-15-20-14-29-18(3)13-17(20)2/h5-13,29H,4,14-16H2,1-3H3,(H,30,32). The van der Waals surface area contributed by atoms with Crippen LogP contribution >= 0.6 is 0 Å². The van der Waals surface area contributed by atoms with Crippen LogP contribution in [0.25, 0.3) is 0 Å². The summed E-state index contributed by atoms with van der Waals surface area (Å²) in [5.41, 5.74) is 2.59. The number of nitrogens with one attached hydrogen (secondary N) is 2. The van der Waals surface area contributed by atoms with Crippen molar-refractivity contribution in [1.82, 2.24) is 10.6 Å². The number of hydrogen-bond donors (Lipinski definition) is 2. The van der Waals surface area contributed by atoms with E-state index in [-0.39, 0.29) is 17.8 Å². The second-order valence-corrected chi connectivity index (χ2v) is 7.85. The zero-order chi connectivity index (χ0) is 23.3. The molecule has 0 unspecified atom stereocenters. The number of rotatable bonds is 7. The van der Waals surface area contributed by atoms with Gasteiger partial charge in [0.1, 0.15) is 0 Å². The zero-order valence-electron chi connectivity index (χ0n) is 18.5. The molecule has 0 aromatic heterocycles. The highest BCUT2D eigenvalue weighted by molar-refractivity contribution is 5.97. The molecule has 0 fully saturated rings. The van der Waals surface area contributed by atoms with Crippen molar-refractivity contribution in [3.63, 3.8) is 0 Å². The Morgan fingerprint density at radius 3 is 2.44 bits per heavy atom. The average molecular weight is 444 g/mol. The lowest BCUT2D eigenvalue weighted by Crippen LogP contribution is -2.33. The van der Waals surface area contributed by atoms with Gasteiger partial charge in [0, 0.05) is 31.9 Å². The van der Waals surface area contributed by atoms with Crippen LogP contribution in [0.2, 0.25) is 0 Å². The molecule has 0 radical (unpaired) electrons. The lowest BCUT2D eigenvalue weighted by molar-refractivity contribution is -0.137. The van der Waals surface area contributed by atoms with Crippen LogP contribution < -0.4 is 15.5 Å². The summed E-state index contributed by atoms with van der Waals surface area (Å²) in [6.45, 7) is 7.09. The van der Waals surface area contributed by atoms with Crippen LogP contribution in [0.4, 0.5) is 18.9 Å². The van der Waals surface area contributed by atoms with E-state index in [4.69, 9.17) is 0 Å². The predicted octanol–water partition coefficient (Wildman–Crippen LogP) is 5.29. The zero-order valence-corrected chi connectivity index (χ0v) is 18.5. The second kappa shape index (κ2) is 9.94. The Balaban J connectivity index is 1.91. The average Bonchev–Trinajstić information content (AvgIpc) is 2.76. The van der Waals surface area contributed by atoms with E-state index in [1.807, 2.05) is 50.3 Å². The number of carbonyl (C=O) groups is 1. The van der Waals surface area contributed by atoms with Gasteiger partial charge in [-0.25, -0.2) is 0 Å². The molecule has 170 valence electrons. The summed E-state index contributed by atoms with van der Waals surface area (Å²) >= 11 is 0. The highest BCUT2D eigenvalue weighted by Gasteiger charge is 2.39. The number of alkyl halides is 3. The number of nitrogens with zero attached hydrogens (tertiary/aromatic N) is 1. The fraction of sp³-hybridized carbons (Fsp3) is 0.320. The van der Waals surface area contributed by atoms with E-state index in [1.165, 1.54) is 18.2 Å². The van der Waals surface area contributed by atoms with Crippen molar-refractivity contribution < 1.29 is 18.0 Å². The fourth-order valence-electron chi connectivity index (χ4n) is 3.81. The number of carbonyl (C=O) groups excluding carboxylic acids is 1. The van der Waals surface area contributed by atoms with Crippen molar-refractivity contribution in [1.29, 1.82) is 0 Å². The fourth-order valence-corrected chi connectivity index (χ4v) is 3.81. The van der Waals surface area contributed by atoms with Gasteiger partial charge in [-0.2, -0.15) is 13.2 Å². The molecule has 1 amide bonds. The Kier molecular flexibility index (Phi) is 7.28. The van der Waals surface area contributed by atoms with Crippen LogP contribution in [0.1, 0.15) is 42.3 Å². The Labute approximate surface area is 186 Å². The van der Waals surface area contributed by atoms with Gasteiger partial charge in [-0.15, -0.1) is 0 Å². The maximum absolute atomic E-state index is 14.2. The quantitative estimate of drug-likeness (QED) is 0.612. The highest BCUT2D eigenvalue weighted by atomic mass is 19.4. The predicted molar refractivity (Wildman–Crippen MR) is 121 cm³/mol. The monoisotopic (exact) mass is 443 g/mol. The topological polar surface area (TPSA) is 44.4 Å². The van der Waals surface area contributed by atoms with E-state index < -0.39 is 17.6 Å². The number of allylic oxidation sites excluding steroid dienone is 3. The summed E-state index contributed by atoms with van der Waals surface area (Å²) in [6, 6.07) is 13.5. The molecule has 1 aliphatic rings. The first kappa shape index (κ1) is 23.4. The van der Waals surface area contributed by atoms with Gasteiger partial charge in [0.2, 0.25) is 0 Å². The van der Waals surface area contributed by atoms with E-state index in [1.54, 1.807) is 11.8 Å². The van der Waals surface area contributed by atoms with Gasteiger partial charge >= 0.3 is 6.18 Å². The van der Waals surface area contributed by atoms with Gasteiger partial charge in [0.25, 0.3) is 5.91 Å². The third kappa shape index (κ3) is 5.52. The first-order valence-corrected chi connectivity index (χ1v) is 10.6. The molecule has 7 heteroatoms. The largest absolute Gasteiger partial charge is 0.419 e. The summed E-state index contributed by atoms with van der Waals surface area (Å²) in [6.07, 6.45) is -2.72. The molecule has 0 atom stereocenters. The number of hydrogen-bond acceptors (Lipinski definition) is 3. The van der Waals surface area contributed by atoms with Crippen LogP contribution in [0.15, 0.2) is 71.5 Å². The lowest BCUT2D eigenvalue weighted by atomic mass is 10.0. The number of dihydropyridines is 1. The number of halogens is 3. The van der Waals surface area contributed by atoms with Crippen LogP contribution in [-0.4, -0.2) is 25.5 Å². The van der Waals surface area contributed by atoms with E-state index >= 15 is 0 Å². The van der Waals surface area contributed by atoms with E-state index in [9.17, 15) is 18.0 Å². The minimum absolute atomic E-state index is 0.00444. The molecule has 0 bridgehead atoms. The molecule has 2 aromatic rings. The molecule has 2 aromatic carbocycles. The Bertz CT molecular complexity index is 1030. The smallest absolute Gasteiger partial charge is 0.385 e. The van der Waals surface area contributed by atoms with Gasteiger partial charge < -0.3 is 15.5 Å². The van der Waals surface area contributed by atoms with Crippen LogP contribution in [0, 0.1) is 0 Å². The SMILES string of the molecule is CCN(Cc1ccccc1)c1cccc(C(=O)NCC2=C(C)C=C(C)NC2)c1C(F)(F)F. The van der Waals surface area contributed by atoms with E-state index in [0.29, 0.717) is 19.6 Å². The molecule has 4 nitrogen and oxygen atoms in total. The molecular formula is C25H28F3N3O. The number of anilines is 1. The summed E-state index contributed by atoms with van der Waals surface area (Å²) in [5, 5.41) is 5.86. The van der Waals surface area contributed by atoms with Crippen molar-refractivity contribution in [2.45, 2.75) is 33.5 Å². The molecule has 0 aliphatic carbocycles. The first-order chi connectivity index (χ1) is 15.2. The molecule has 32 heavy (non-hydrogen) atoms. The highest BCUT2D eigenvalue weighted by Crippen LogP contribution is 2.39. The molecule has 0 saturated carbocycles. The Hall–Kier alpha value is -3.22. The molecular weight excluding hydrogens is 415 g/mol. The van der Waals surface area contributed by atoms with E-state index in [2.05, 4.69) is 10.6 Å². The summed E-state index contributed by atoms with van der Waals surface area (Å²) in [7, 11) is 0. The van der Waals surface area contributed by atoms with Crippen LogP contribution in [0.3, 0.4) is 0 Å². The Morgan fingerprint density at radius 2 is 1.81 bits per heavy atom. The molecule has 0 spiro atoms. The number of amides is 1. The summed E-state index contributed by atoms with van der Waals surface area (Å²) in [5.74, 6) is -0.735. The first-order valence-electron chi connectivity index (χ1n) is 10.6. The minimum Gasteiger partial charge on any atom is -0.385 e. The van der Waals surface area contributed by atoms with Gasteiger partial charge in [-0.1, -0.05) is 36.4 Å². The second-order valence-electron chi connectivity index (χ2n) is 7.85. The lowest BCUT2D eigenvalue weighted by Gasteiger charge is -2.28. The van der Waals surface area contributed by atoms with Crippen molar-refractivity contribution in [2.75, 3.05) is 24.5 Å².